The van der Waals surface area contributed by atoms with Crippen LogP contribution in [0.15, 0.2) is 63.9 Å². The highest BCUT2D eigenvalue weighted by Gasteiger charge is 2.17. The number of aryl methyl sites for hydroxylation is 1. The fourth-order valence-corrected chi connectivity index (χ4v) is 4.34. The number of nitrogens with two attached hydrogens (primary N) is 1. The monoisotopic (exact) mass is 508 g/mol. The molecule has 0 bridgehead atoms. The van der Waals surface area contributed by atoms with Crippen LogP contribution >= 0.6 is 23.7 Å². The van der Waals surface area contributed by atoms with Gasteiger partial charge in [0.1, 0.15) is 16.8 Å². The van der Waals surface area contributed by atoms with Gasteiger partial charge in [0.05, 0.1) is 29.1 Å². The second-order valence-corrected chi connectivity index (χ2v) is 8.76. The first-order valence-electron chi connectivity index (χ1n) is 10.2. The van der Waals surface area contributed by atoms with E-state index in [1.54, 1.807) is 36.4 Å². The molecular weight excluding hydrogens is 483 g/mol. The molecule has 3 rings (SSSR count). The van der Waals surface area contributed by atoms with Gasteiger partial charge in [-0.2, -0.15) is 0 Å². The fourth-order valence-electron chi connectivity index (χ4n) is 2.86. The van der Waals surface area contributed by atoms with Crippen LogP contribution in [0.25, 0.3) is 0 Å². The molecule has 1 unspecified atom stereocenters. The third kappa shape index (κ3) is 7.82. The van der Waals surface area contributed by atoms with Crippen molar-refractivity contribution in [3.63, 3.8) is 0 Å². The number of nitrogens with zero attached hydrogens (tertiary/aromatic N) is 1. The number of carbonyl (C=O) groups is 1. The number of hydrogen-bond donors (Lipinski definition) is 3. The third-order valence-electron chi connectivity index (χ3n) is 4.41. The molecule has 4 N–H and O–H groups in total. The van der Waals surface area contributed by atoms with E-state index >= 15 is 0 Å². The number of allylic oxidation sites excluding steroid dienone is 4. The van der Waals surface area contributed by atoms with Crippen LogP contribution in [0.4, 0.5) is 10.1 Å². The summed E-state index contributed by atoms with van der Waals surface area (Å²) in [5.41, 5.74) is 2.96. The second kappa shape index (κ2) is 13.3. The molecule has 0 fully saturated rings. The first-order chi connectivity index (χ1) is 15.9. The highest BCUT2D eigenvalue weighted by atomic mass is 35.5. The van der Waals surface area contributed by atoms with Gasteiger partial charge < -0.3 is 10.0 Å². The van der Waals surface area contributed by atoms with Crippen molar-refractivity contribution in [1.82, 2.24) is 5.32 Å². The molecule has 1 aliphatic carbocycles. The summed E-state index contributed by atoms with van der Waals surface area (Å²) in [6, 6.07) is 9.19. The maximum Gasteiger partial charge on any atom is 0.253 e. The zero-order chi connectivity index (χ0) is 24.4. The van der Waals surface area contributed by atoms with Crippen molar-refractivity contribution >= 4 is 52.0 Å². The smallest absolute Gasteiger partial charge is 0.253 e. The van der Waals surface area contributed by atoms with Gasteiger partial charge in [-0.1, -0.05) is 43.7 Å². The Kier molecular flexibility index (Phi) is 10.8. The number of hydrogen-bond acceptors (Lipinski definition) is 5. The van der Waals surface area contributed by atoms with Crippen LogP contribution in [0.1, 0.15) is 41.8 Å². The van der Waals surface area contributed by atoms with E-state index in [0.29, 0.717) is 33.9 Å². The van der Waals surface area contributed by atoms with E-state index < -0.39 is 16.8 Å². The molecule has 1 aliphatic rings. The Morgan fingerprint density at radius 1 is 1.27 bits per heavy atom. The minimum Gasteiger partial charge on any atom is -0.348 e. The van der Waals surface area contributed by atoms with Gasteiger partial charge in [-0.3, -0.25) is 9.93 Å². The number of rotatable bonds is 7. The van der Waals surface area contributed by atoms with Crippen molar-refractivity contribution in [2.24, 2.45) is 9.54 Å². The zero-order valence-electron chi connectivity index (χ0n) is 18.5. The molecule has 0 saturated carbocycles. The summed E-state index contributed by atoms with van der Waals surface area (Å²) in [5, 5.41) is 8.37. The van der Waals surface area contributed by atoms with Crippen LogP contribution in [0.2, 0.25) is 5.02 Å². The van der Waals surface area contributed by atoms with Crippen molar-refractivity contribution in [3.8, 4) is 0 Å². The SMILES string of the molecule is CC.Cc1ccc(C(=O)NCc2ccc(F)cc2Cl)c(NS(=O)C2=CC=C/C(=N/SN)C2)c1. The van der Waals surface area contributed by atoms with Gasteiger partial charge in [-0.25, -0.2) is 13.0 Å². The predicted octanol–water partition coefficient (Wildman–Crippen LogP) is 5.63. The summed E-state index contributed by atoms with van der Waals surface area (Å²) < 4.78 is 33.1. The van der Waals surface area contributed by atoms with Gasteiger partial charge in [0.15, 0.2) is 0 Å². The Bertz CT molecular complexity index is 1120. The third-order valence-corrected chi connectivity index (χ3v) is 6.26. The second-order valence-electron chi connectivity index (χ2n) is 6.70. The lowest BCUT2D eigenvalue weighted by atomic mass is 10.1. The average Bonchev–Trinajstić information content (AvgIpc) is 2.80. The Balaban J connectivity index is 0.00000187. The summed E-state index contributed by atoms with van der Waals surface area (Å²) in [6.45, 7) is 6.00. The normalized spacial score (nSPS) is 14.7. The zero-order valence-corrected chi connectivity index (χ0v) is 20.9. The fraction of sp³-hybridized carbons (Fsp3) is 0.217. The summed E-state index contributed by atoms with van der Waals surface area (Å²) >= 11 is 6.87. The lowest BCUT2D eigenvalue weighted by molar-refractivity contribution is 0.0952. The molecule has 1 atom stereocenters. The lowest BCUT2D eigenvalue weighted by Gasteiger charge is -2.15. The highest BCUT2D eigenvalue weighted by molar-refractivity contribution is 7.95. The Morgan fingerprint density at radius 2 is 2.03 bits per heavy atom. The van der Waals surface area contributed by atoms with Crippen molar-refractivity contribution in [2.75, 3.05) is 4.72 Å². The van der Waals surface area contributed by atoms with Crippen molar-refractivity contribution in [1.29, 1.82) is 0 Å². The number of amides is 1. The summed E-state index contributed by atoms with van der Waals surface area (Å²) in [6.07, 6.45) is 5.68. The molecule has 0 aliphatic heterocycles. The first kappa shape index (κ1) is 26.8. The van der Waals surface area contributed by atoms with Crippen molar-refractivity contribution in [2.45, 2.75) is 33.7 Å². The predicted molar refractivity (Wildman–Crippen MR) is 138 cm³/mol. The Labute approximate surface area is 205 Å². The van der Waals surface area contributed by atoms with E-state index in [9.17, 15) is 13.4 Å². The number of anilines is 1. The molecule has 6 nitrogen and oxygen atoms in total. The van der Waals surface area contributed by atoms with Crippen LogP contribution in [0.3, 0.4) is 0 Å². The van der Waals surface area contributed by atoms with Crippen molar-refractivity contribution < 1.29 is 13.4 Å². The van der Waals surface area contributed by atoms with E-state index in [4.69, 9.17) is 16.7 Å². The minimum atomic E-state index is -1.58. The molecule has 0 aromatic heterocycles. The van der Waals surface area contributed by atoms with E-state index in [1.807, 2.05) is 20.8 Å². The number of halogens is 2. The van der Waals surface area contributed by atoms with E-state index in [1.165, 1.54) is 18.2 Å². The molecule has 2 aromatic rings. The first-order valence-corrected chi connectivity index (χ1v) is 12.5. The lowest BCUT2D eigenvalue weighted by Crippen LogP contribution is -2.24. The molecule has 0 saturated heterocycles. The quantitative estimate of drug-likeness (QED) is 0.422. The standard InChI is InChI=1S/C21H20ClFN4O2S2.C2H6/c1-13-5-8-18(21(28)25-12-14-6-7-15(23)10-19(14)22)20(9-13)27-31(29)17-4-2-3-16(11-17)26-30-24;1-2/h2-10,27H,11-12,24H2,1H3,(H,25,28);1-2H3/b26-16-;. The number of benzene rings is 2. The maximum absolute atomic E-state index is 13.2. The largest absolute Gasteiger partial charge is 0.348 e. The van der Waals surface area contributed by atoms with Crippen LogP contribution < -0.4 is 15.2 Å². The van der Waals surface area contributed by atoms with E-state index in [0.717, 1.165) is 17.7 Å². The molecule has 10 heteroatoms. The van der Waals surface area contributed by atoms with Crippen LogP contribution in [-0.2, 0) is 17.5 Å². The number of nitrogens with one attached hydrogen (secondary N) is 2. The molecule has 2 aromatic carbocycles. The van der Waals surface area contributed by atoms with Gasteiger partial charge in [0, 0.05) is 22.9 Å². The van der Waals surface area contributed by atoms with Crippen LogP contribution in [0.5, 0.6) is 0 Å². The molecule has 33 heavy (non-hydrogen) atoms. The average molecular weight is 509 g/mol. The molecule has 0 heterocycles. The Morgan fingerprint density at radius 3 is 2.73 bits per heavy atom. The number of carbonyl (C=O) groups excluding carboxylic acids is 1. The van der Waals surface area contributed by atoms with E-state index in [-0.39, 0.29) is 17.5 Å². The summed E-state index contributed by atoms with van der Waals surface area (Å²) in [4.78, 5) is 13.4. The minimum absolute atomic E-state index is 0.126. The molecular formula is C23H26ClFN4O2S2. The van der Waals surface area contributed by atoms with Crippen molar-refractivity contribution in [3.05, 3.63) is 87.1 Å². The van der Waals surface area contributed by atoms with Gasteiger partial charge in [-0.05, 0) is 54.5 Å². The molecule has 1 amide bonds. The Hall–Kier alpha value is -2.46. The highest BCUT2D eigenvalue weighted by Crippen LogP contribution is 2.23. The van der Waals surface area contributed by atoms with Gasteiger partial charge in [0.2, 0.25) is 0 Å². The summed E-state index contributed by atoms with van der Waals surface area (Å²) in [7, 11) is -1.58. The van der Waals surface area contributed by atoms with Gasteiger partial charge in [0.25, 0.3) is 5.91 Å². The van der Waals surface area contributed by atoms with Gasteiger partial charge in [-0.15, -0.1) is 0 Å². The van der Waals surface area contributed by atoms with Crippen LogP contribution in [-0.4, -0.2) is 15.8 Å². The molecule has 0 radical (unpaired) electrons. The molecule has 176 valence electrons. The molecule has 0 spiro atoms. The van der Waals surface area contributed by atoms with Gasteiger partial charge >= 0.3 is 0 Å². The van der Waals surface area contributed by atoms with E-state index in [2.05, 4.69) is 14.4 Å². The summed E-state index contributed by atoms with van der Waals surface area (Å²) in [5.74, 6) is -0.822. The topological polar surface area (TPSA) is 96.6 Å². The van der Waals surface area contributed by atoms with Crippen LogP contribution in [0, 0.1) is 12.7 Å². The maximum atomic E-state index is 13.2.